The third-order valence-corrected chi connectivity index (χ3v) is 4.18. The zero-order valence-electron chi connectivity index (χ0n) is 13.5. The fourth-order valence-corrected chi connectivity index (χ4v) is 2.55. The molecule has 112 valence electrons. The van der Waals surface area contributed by atoms with Crippen LogP contribution in [0.25, 0.3) is 0 Å². The highest BCUT2D eigenvalue weighted by atomic mass is 16.2. The molecule has 0 bridgehead atoms. The number of carbonyl (C=O) groups is 1. The van der Waals surface area contributed by atoms with E-state index in [2.05, 4.69) is 44.8 Å². The van der Waals surface area contributed by atoms with E-state index in [0.717, 1.165) is 45.3 Å². The highest BCUT2D eigenvalue weighted by Gasteiger charge is 2.29. The van der Waals surface area contributed by atoms with Crippen molar-refractivity contribution in [1.82, 2.24) is 10.2 Å². The van der Waals surface area contributed by atoms with Crippen molar-refractivity contribution in [1.29, 1.82) is 0 Å². The second kappa shape index (κ2) is 7.28. The molecular weight excluding hydrogens is 236 g/mol. The summed E-state index contributed by atoms with van der Waals surface area (Å²) in [5.41, 5.74) is 0.188. The van der Waals surface area contributed by atoms with Gasteiger partial charge in [0.05, 0.1) is 0 Å². The zero-order chi connectivity index (χ0) is 14.5. The van der Waals surface area contributed by atoms with E-state index in [1.165, 1.54) is 0 Å². The predicted molar refractivity (Wildman–Crippen MR) is 81.1 cm³/mol. The van der Waals surface area contributed by atoms with Gasteiger partial charge in [0.15, 0.2) is 0 Å². The van der Waals surface area contributed by atoms with Crippen molar-refractivity contribution in [2.45, 2.75) is 66.3 Å². The van der Waals surface area contributed by atoms with E-state index in [9.17, 15) is 4.79 Å². The lowest BCUT2D eigenvalue weighted by Gasteiger charge is -2.36. The summed E-state index contributed by atoms with van der Waals surface area (Å²) in [4.78, 5) is 14.3. The first kappa shape index (κ1) is 16.5. The molecule has 3 nitrogen and oxygen atoms in total. The van der Waals surface area contributed by atoms with Gasteiger partial charge in [-0.25, -0.2) is 0 Å². The summed E-state index contributed by atoms with van der Waals surface area (Å²) in [7, 11) is 0. The number of hydrogen-bond acceptors (Lipinski definition) is 2. The van der Waals surface area contributed by atoms with Crippen LogP contribution in [0.1, 0.15) is 60.3 Å². The topological polar surface area (TPSA) is 32.3 Å². The molecule has 0 spiro atoms. The second-order valence-electron chi connectivity index (χ2n) is 7.15. The zero-order valence-corrected chi connectivity index (χ0v) is 13.5. The molecule has 1 aliphatic rings. The number of rotatable bonds is 5. The largest absolute Gasteiger partial charge is 0.341 e. The van der Waals surface area contributed by atoms with E-state index < -0.39 is 0 Å². The lowest BCUT2D eigenvalue weighted by Crippen LogP contribution is -2.50. The van der Waals surface area contributed by atoms with Crippen LogP contribution < -0.4 is 5.32 Å². The fraction of sp³-hybridized carbons (Fsp3) is 0.938. The van der Waals surface area contributed by atoms with E-state index in [1.807, 2.05) is 0 Å². The minimum absolute atomic E-state index is 0.188. The van der Waals surface area contributed by atoms with Gasteiger partial charge in [-0.1, -0.05) is 34.6 Å². The molecule has 0 aliphatic carbocycles. The highest BCUT2D eigenvalue weighted by Crippen LogP contribution is 2.23. The van der Waals surface area contributed by atoms with Gasteiger partial charge >= 0.3 is 0 Å². The molecule has 0 saturated carbocycles. The van der Waals surface area contributed by atoms with Gasteiger partial charge in [-0.2, -0.15) is 0 Å². The number of hydrogen-bond donors (Lipinski definition) is 1. The molecule has 0 aromatic carbocycles. The Labute approximate surface area is 119 Å². The molecule has 1 rings (SSSR count). The maximum absolute atomic E-state index is 12.2. The quantitative estimate of drug-likeness (QED) is 0.831. The van der Waals surface area contributed by atoms with E-state index in [1.54, 1.807) is 0 Å². The summed E-state index contributed by atoms with van der Waals surface area (Å²) < 4.78 is 0. The molecule has 0 aromatic rings. The van der Waals surface area contributed by atoms with Gasteiger partial charge in [0, 0.05) is 25.6 Å². The average molecular weight is 268 g/mol. The van der Waals surface area contributed by atoms with Crippen LogP contribution in [-0.4, -0.2) is 36.5 Å². The number of nitrogens with zero attached hydrogens (tertiary/aromatic N) is 1. The second-order valence-corrected chi connectivity index (χ2v) is 7.15. The van der Waals surface area contributed by atoms with Crippen molar-refractivity contribution in [3.8, 4) is 0 Å². The monoisotopic (exact) mass is 268 g/mol. The summed E-state index contributed by atoms with van der Waals surface area (Å²) in [5.74, 6) is 1.03. The molecule has 1 aliphatic heterocycles. The Kier molecular flexibility index (Phi) is 6.31. The van der Waals surface area contributed by atoms with E-state index in [-0.39, 0.29) is 5.41 Å². The fourth-order valence-electron chi connectivity index (χ4n) is 2.55. The molecule has 1 amide bonds. The van der Waals surface area contributed by atoms with Gasteiger partial charge in [0.1, 0.15) is 0 Å². The normalized spacial score (nSPS) is 23.3. The molecule has 1 heterocycles. The van der Waals surface area contributed by atoms with Crippen molar-refractivity contribution in [3.63, 3.8) is 0 Å². The lowest BCUT2D eigenvalue weighted by molar-refractivity contribution is -0.131. The van der Waals surface area contributed by atoms with Gasteiger partial charge in [-0.3, -0.25) is 4.79 Å². The minimum atomic E-state index is 0.188. The molecule has 0 aromatic heterocycles. The first-order chi connectivity index (χ1) is 8.84. The maximum Gasteiger partial charge on any atom is 0.222 e. The number of nitrogens with one attached hydrogen (secondary N) is 1. The minimum Gasteiger partial charge on any atom is -0.341 e. The summed E-state index contributed by atoms with van der Waals surface area (Å²) in [5, 5.41) is 3.61. The molecule has 1 fully saturated rings. The molecule has 1 saturated heterocycles. The van der Waals surface area contributed by atoms with Crippen LogP contribution in [0.5, 0.6) is 0 Å². The van der Waals surface area contributed by atoms with Crippen LogP contribution in [0, 0.1) is 11.3 Å². The first-order valence-electron chi connectivity index (χ1n) is 7.85. The molecule has 0 radical (unpaired) electrons. The SMILES string of the molecule is CCCNC(CN1CCC(C)CCC1=O)C(C)(C)C. The Morgan fingerprint density at radius 1 is 1.37 bits per heavy atom. The third-order valence-electron chi connectivity index (χ3n) is 4.18. The Morgan fingerprint density at radius 2 is 2.05 bits per heavy atom. The van der Waals surface area contributed by atoms with Gasteiger partial charge in [0.2, 0.25) is 5.91 Å². The summed E-state index contributed by atoms with van der Waals surface area (Å²) >= 11 is 0. The van der Waals surface area contributed by atoms with Gasteiger partial charge in [-0.15, -0.1) is 0 Å². The van der Waals surface area contributed by atoms with Gasteiger partial charge in [-0.05, 0) is 37.1 Å². The Bertz CT molecular complexity index is 283. The van der Waals surface area contributed by atoms with E-state index in [0.29, 0.717) is 17.9 Å². The molecule has 1 N–H and O–H groups in total. The molecule has 2 unspecified atom stereocenters. The van der Waals surface area contributed by atoms with Crippen molar-refractivity contribution >= 4 is 5.91 Å². The molecule has 3 heteroatoms. The number of amides is 1. The highest BCUT2D eigenvalue weighted by molar-refractivity contribution is 5.76. The summed E-state index contributed by atoms with van der Waals surface area (Å²) in [6, 6.07) is 0.379. The van der Waals surface area contributed by atoms with Crippen LogP contribution in [0.2, 0.25) is 0 Å². The van der Waals surface area contributed by atoms with E-state index in [4.69, 9.17) is 0 Å². The predicted octanol–water partition coefficient (Wildman–Crippen LogP) is 3.05. The summed E-state index contributed by atoms with van der Waals surface area (Å²) in [6.45, 7) is 14.0. The van der Waals surface area contributed by atoms with Gasteiger partial charge < -0.3 is 10.2 Å². The summed E-state index contributed by atoms with van der Waals surface area (Å²) in [6.07, 6.45) is 4.07. The molecule has 19 heavy (non-hydrogen) atoms. The third kappa shape index (κ3) is 5.52. The Hall–Kier alpha value is -0.570. The van der Waals surface area contributed by atoms with Gasteiger partial charge in [0.25, 0.3) is 0 Å². The molecular formula is C16H32N2O. The van der Waals surface area contributed by atoms with Crippen LogP contribution >= 0.6 is 0 Å². The van der Waals surface area contributed by atoms with Crippen LogP contribution in [0.15, 0.2) is 0 Å². The Balaban J connectivity index is 2.63. The maximum atomic E-state index is 12.2. The van der Waals surface area contributed by atoms with Crippen LogP contribution in [0.3, 0.4) is 0 Å². The number of carbonyl (C=O) groups excluding carboxylic acids is 1. The van der Waals surface area contributed by atoms with Crippen molar-refractivity contribution < 1.29 is 4.79 Å². The van der Waals surface area contributed by atoms with Crippen molar-refractivity contribution in [2.75, 3.05) is 19.6 Å². The number of likely N-dealkylation sites (tertiary alicyclic amines) is 1. The lowest BCUT2D eigenvalue weighted by atomic mass is 9.86. The Morgan fingerprint density at radius 3 is 2.63 bits per heavy atom. The van der Waals surface area contributed by atoms with Crippen molar-refractivity contribution in [2.24, 2.45) is 11.3 Å². The standard InChI is InChI=1S/C16H32N2O/c1-6-10-17-14(16(3,4)5)12-18-11-9-13(2)7-8-15(18)19/h13-14,17H,6-12H2,1-5H3. The van der Waals surface area contributed by atoms with Crippen LogP contribution in [0.4, 0.5) is 0 Å². The smallest absolute Gasteiger partial charge is 0.222 e. The first-order valence-corrected chi connectivity index (χ1v) is 7.85. The van der Waals surface area contributed by atoms with Crippen LogP contribution in [-0.2, 0) is 4.79 Å². The average Bonchev–Trinajstić information content (AvgIpc) is 2.47. The van der Waals surface area contributed by atoms with E-state index >= 15 is 0 Å². The molecule has 2 atom stereocenters. The van der Waals surface area contributed by atoms with Crippen molar-refractivity contribution in [3.05, 3.63) is 0 Å².